The smallest absolute Gasteiger partial charge is 0.274 e. The second-order valence-electron chi connectivity index (χ2n) is 3.95. The monoisotopic (exact) mass is 194 g/mol. The second-order valence-corrected chi connectivity index (χ2v) is 3.95. The van der Waals surface area contributed by atoms with Crippen LogP contribution in [0.1, 0.15) is 0 Å². The van der Waals surface area contributed by atoms with Crippen molar-refractivity contribution in [3.63, 3.8) is 0 Å². The molecule has 0 aliphatic carbocycles. The number of quaternary nitrogens is 1. The van der Waals surface area contributed by atoms with E-state index >= 15 is 0 Å². The fraction of sp³-hybridized carbons (Fsp3) is 0.500. The molecular formula is C10H18N4+2. The number of likely N-dealkylation sites (N-methyl/N-ethyl adjacent to an activating group) is 1. The molecule has 1 aliphatic rings. The van der Waals surface area contributed by atoms with Crippen molar-refractivity contribution in [2.24, 2.45) is 0 Å². The van der Waals surface area contributed by atoms with Crippen LogP contribution in [0.25, 0.3) is 0 Å². The molecule has 0 atom stereocenters. The summed E-state index contributed by atoms with van der Waals surface area (Å²) >= 11 is 0. The Hall–Kier alpha value is -1.29. The fourth-order valence-corrected chi connectivity index (χ4v) is 1.75. The van der Waals surface area contributed by atoms with E-state index in [9.17, 15) is 0 Å². The average Bonchev–Trinajstić information content (AvgIpc) is 2.21. The molecule has 4 nitrogen and oxygen atoms in total. The number of nitrogens with zero attached hydrogens (tertiary/aromatic N) is 1. The number of nitrogens with one attached hydrogen (secondary N) is 2. The highest BCUT2D eigenvalue weighted by Gasteiger charge is 2.23. The normalized spacial score (nSPS) is 18.5. The molecule has 1 saturated heterocycles. The van der Waals surface area contributed by atoms with Gasteiger partial charge >= 0.3 is 0 Å². The molecule has 2 heterocycles. The predicted octanol–water partition coefficient (Wildman–Crippen LogP) is -1.58. The van der Waals surface area contributed by atoms with Crippen LogP contribution in [0, 0.1) is 0 Å². The molecule has 14 heavy (non-hydrogen) atoms. The lowest BCUT2D eigenvalue weighted by Crippen LogP contribution is -3.12. The van der Waals surface area contributed by atoms with E-state index in [1.54, 1.807) is 4.90 Å². The van der Waals surface area contributed by atoms with Gasteiger partial charge in [0, 0.05) is 6.07 Å². The lowest BCUT2D eigenvalue weighted by atomic mass is 10.3. The molecule has 4 heteroatoms. The number of H-pyrrole nitrogens is 1. The van der Waals surface area contributed by atoms with Crippen LogP contribution < -0.4 is 20.5 Å². The number of hydrogen-bond acceptors (Lipinski definition) is 2. The van der Waals surface area contributed by atoms with Gasteiger partial charge in [-0.2, -0.15) is 0 Å². The van der Waals surface area contributed by atoms with Crippen molar-refractivity contribution in [1.29, 1.82) is 0 Å². The molecule has 0 aromatic carbocycles. The molecule has 0 unspecified atom stereocenters. The molecule has 1 aliphatic heterocycles. The zero-order valence-corrected chi connectivity index (χ0v) is 8.59. The highest BCUT2D eigenvalue weighted by atomic mass is 15.3. The Morgan fingerprint density at radius 1 is 1.36 bits per heavy atom. The van der Waals surface area contributed by atoms with Crippen molar-refractivity contribution in [2.45, 2.75) is 0 Å². The number of aromatic nitrogens is 1. The Morgan fingerprint density at radius 2 is 2.07 bits per heavy atom. The van der Waals surface area contributed by atoms with Crippen LogP contribution >= 0.6 is 0 Å². The third-order valence-corrected chi connectivity index (χ3v) is 2.78. The van der Waals surface area contributed by atoms with Gasteiger partial charge in [0.2, 0.25) is 0 Å². The van der Waals surface area contributed by atoms with Gasteiger partial charge < -0.3 is 10.6 Å². The molecule has 76 valence electrons. The Morgan fingerprint density at radius 3 is 2.64 bits per heavy atom. The summed E-state index contributed by atoms with van der Waals surface area (Å²) in [4.78, 5) is 7.19. The van der Waals surface area contributed by atoms with Gasteiger partial charge in [-0.25, -0.2) is 4.98 Å². The predicted molar refractivity (Wildman–Crippen MR) is 56.2 cm³/mol. The molecule has 1 aromatic rings. The van der Waals surface area contributed by atoms with Crippen LogP contribution in [0.3, 0.4) is 0 Å². The highest BCUT2D eigenvalue weighted by molar-refractivity contribution is 5.40. The maximum Gasteiger partial charge on any atom is 0.274 e. The zero-order valence-electron chi connectivity index (χ0n) is 8.59. The van der Waals surface area contributed by atoms with Crippen LogP contribution in [0.15, 0.2) is 18.3 Å². The minimum absolute atomic E-state index is 0.786. The van der Waals surface area contributed by atoms with E-state index < -0.39 is 0 Å². The summed E-state index contributed by atoms with van der Waals surface area (Å²) in [5.74, 6) is 1.17. The number of anilines is 2. The van der Waals surface area contributed by atoms with E-state index in [1.165, 1.54) is 18.9 Å². The van der Waals surface area contributed by atoms with Crippen LogP contribution in [-0.2, 0) is 0 Å². The van der Waals surface area contributed by atoms with Crippen molar-refractivity contribution >= 4 is 11.5 Å². The molecule has 1 fully saturated rings. The number of rotatable bonds is 1. The first-order chi connectivity index (χ1) is 6.75. The number of hydrogen-bond donors (Lipinski definition) is 2. The molecule has 2 rings (SSSR count). The topological polar surface area (TPSA) is 47.8 Å². The van der Waals surface area contributed by atoms with Gasteiger partial charge in [0.1, 0.15) is 32.4 Å². The summed E-state index contributed by atoms with van der Waals surface area (Å²) in [7, 11) is 2.24. The van der Waals surface area contributed by atoms with Crippen LogP contribution in [0.4, 0.5) is 11.5 Å². The van der Waals surface area contributed by atoms with Gasteiger partial charge in [0.25, 0.3) is 5.82 Å². The number of nitrogens with two attached hydrogens (primary N) is 1. The quantitative estimate of drug-likeness (QED) is 0.567. The average molecular weight is 194 g/mol. The van der Waals surface area contributed by atoms with Crippen molar-refractivity contribution in [1.82, 2.24) is 0 Å². The summed E-state index contributed by atoms with van der Waals surface area (Å²) in [6.45, 7) is 4.65. The SMILES string of the molecule is C[NH+]1CCN(c2ccc(N)c[nH+]2)CC1. The van der Waals surface area contributed by atoms with Crippen LogP contribution in [0.2, 0.25) is 0 Å². The Bertz CT molecular complexity index is 287. The largest absolute Gasteiger partial charge is 0.396 e. The molecule has 0 radical (unpaired) electrons. The minimum atomic E-state index is 0.786. The first-order valence-corrected chi connectivity index (χ1v) is 5.09. The Kier molecular flexibility index (Phi) is 2.54. The maximum absolute atomic E-state index is 5.62. The summed E-state index contributed by atoms with van der Waals surface area (Å²) in [5, 5.41) is 0. The standard InChI is InChI=1S/C10H16N4/c1-13-4-6-14(7-5-13)10-3-2-9(11)8-12-10/h2-3,8H,4-7,11H2,1H3/p+2. The van der Waals surface area contributed by atoms with Gasteiger partial charge in [-0.05, 0) is 6.07 Å². The first-order valence-electron chi connectivity index (χ1n) is 5.09. The van der Waals surface area contributed by atoms with E-state index in [1.807, 2.05) is 12.3 Å². The molecule has 0 bridgehead atoms. The number of piperazine rings is 1. The fourth-order valence-electron chi connectivity index (χ4n) is 1.75. The summed E-state index contributed by atoms with van der Waals surface area (Å²) in [6, 6.07) is 3.99. The van der Waals surface area contributed by atoms with Gasteiger partial charge in [-0.3, -0.25) is 4.90 Å². The Balaban J connectivity index is 2.05. The van der Waals surface area contributed by atoms with Gasteiger partial charge in [0.15, 0.2) is 0 Å². The summed E-state index contributed by atoms with van der Waals surface area (Å²) in [5.41, 5.74) is 6.41. The molecule has 4 N–H and O–H groups in total. The minimum Gasteiger partial charge on any atom is -0.396 e. The zero-order chi connectivity index (χ0) is 9.97. The number of pyridine rings is 1. The van der Waals surface area contributed by atoms with Crippen LogP contribution in [-0.4, -0.2) is 33.2 Å². The van der Waals surface area contributed by atoms with Crippen molar-refractivity contribution in [2.75, 3.05) is 43.9 Å². The second kappa shape index (κ2) is 3.84. The molecule has 0 saturated carbocycles. The van der Waals surface area contributed by atoms with Gasteiger partial charge in [0.05, 0.1) is 12.7 Å². The lowest BCUT2D eigenvalue weighted by Gasteiger charge is -2.25. The molecule has 0 spiro atoms. The van der Waals surface area contributed by atoms with Gasteiger partial charge in [-0.15, -0.1) is 0 Å². The summed E-state index contributed by atoms with van der Waals surface area (Å²) < 4.78 is 0. The summed E-state index contributed by atoms with van der Waals surface area (Å²) in [6.07, 6.45) is 1.85. The first kappa shape index (κ1) is 9.27. The van der Waals surface area contributed by atoms with Crippen LogP contribution in [0.5, 0.6) is 0 Å². The maximum atomic E-state index is 5.62. The van der Waals surface area contributed by atoms with Crippen molar-refractivity contribution in [3.8, 4) is 0 Å². The van der Waals surface area contributed by atoms with Gasteiger partial charge in [-0.1, -0.05) is 0 Å². The number of nitrogen functional groups attached to an aromatic ring is 1. The van der Waals surface area contributed by atoms with Crippen molar-refractivity contribution < 1.29 is 9.88 Å². The third kappa shape index (κ3) is 1.96. The number of aromatic amines is 1. The lowest BCUT2D eigenvalue weighted by molar-refractivity contribution is -0.880. The third-order valence-electron chi connectivity index (χ3n) is 2.78. The van der Waals surface area contributed by atoms with E-state index in [0.717, 1.165) is 18.8 Å². The van der Waals surface area contributed by atoms with E-state index in [2.05, 4.69) is 23.0 Å². The van der Waals surface area contributed by atoms with Crippen molar-refractivity contribution in [3.05, 3.63) is 18.3 Å². The highest BCUT2D eigenvalue weighted by Crippen LogP contribution is 2.07. The van der Waals surface area contributed by atoms with E-state index in [-0.39, 0.29) is 0 Å². The molecule has 0 amide bonds. The molecular weight excluding hydrogens is 176 g/mol. The van der Waals surface area contributed by atoms with E-state index in [4.69, 9.17) is 5.73 Å². The Labute approximate surface area is 84.3 Å². The molecule has 1 aromatic heterocycles. The van der Waals surface area contributed by atoms with E-state index in [0.29, 0.717) is 0 Å².